The van der Waals surface area contributed by atoms with Crippen LogP contribution in [0.4, 0.5) is 5.13 Å². The first-order valence-electron chi connectivity index (χ1n) is 9.09. The summed E-state index contributed by atoms with van der Waals surface area (Å²) < 4.78 is 17.1. The van der Waals surface area contributed by atoms with E-state index in [0.717, 1.165) is 21.4 Å². The number of fused-ring (bicyclic) bond motifs is 1. The van der Waals surface area contributed by atoms with E-state index in [1.54, 1.807) is 6.26 Å². The molecule has 10 heteroatoms. The molecule has 0 unspecified atom stereocenters. The fourth-order valence-corrected chi connectivity index (χ4v) is 4.30. The summed E-state index contributed by atoms with van der Waals surface area (Å²) in [4.78, 5) is 12.3. The maximum Gasteiger partial charge on any atom is 0.230 e. The lowest BCUT2D eigenvalue weighted by molar-refractivity contribution is -0.119. The number of rotatable bonds is 8. The molecule has 0 bridgehead atoms. The molecule has 0 radical (unpaired) electrons. The molecule has 1 atom stereocenters. The first-order chi connectivity index (χ1) is 14.2. The van der Waals surface area contributed by atoms with Gasteiger partial charge in [-0.2, -0.15) is 0 Å². The Bertz CT molecular complexity index is 961. The number of aromatic nitrogens is 2. The summed E-state index contributed by atoms with van der Waals surface area (Å²) in [6.07, 6.45) is 1.63. The number of hydrogen-bond donors (Lipinski definition) is 2. The SMILES string of the molecule is C[C@H](NC(=O)CSc1nnc(NCc2ccco2)s1)c1ccc2c(c1)OCCO2. The second-order valence-electron chi connectivity index (χ2n) is 6.29. The largest absolute Gasteiger partial charge is 0.486 e. The van der Waals surface area contributed by atoms with Crippen LogP contribution in [0, 0.1) is 0 Å². The number of ether oxygens (including phenoxy) is 2. The summed E-state index contributed by atoms with van der Waals surface area (Å²) >= 11 is 2.76. The van der Waals surface area contributed by atoms with Gasteiger partial charge < -0.3 is 24.5 Å². The lowest BCUT2D eigenvalue weighted by atomic mass is 10.1. The minimum Gasteiger partial charge on any atom is -0.486 e. The Balaban J connectivity index is 1.24. The Morgan fingerprint density at radius 2 is 2.10 bits per heavy atom. The van der Waals surface area contributed by atoms with Gasteiger partial charge in [-0.05, 0) is 36.8 Å². The highest BCUT2D eigenvalue weighted by molar-refractivity contribution is 8.01. The maximum atomic E-state index is 12.3. The van der Waals surface area contributed by atoms with Gasteiger partial charge in [0.15, 0.2) is 15.8 Å². The fourth-order valence-electron chi connectivity index (χ4n) is 2.74. The Morgan fingerprint density at radius 3 is 2.93 bits per heavy atom. The van der Waals surface area contributed by atoms with E-state index in [2.05, 4.69) is 20.8 Å². The van der Waals surface area contributed by atoms with Crippen LogP contribution in [0.1, 0.15) is 24.3 Å². The van der Waals surface area contributed by atoms with Crippen molar-refractivity contribution >= 4 is 34.1 Å². The molecule has 2 aromatic heterocycles. The molecule has 152 valence electrons. The van der Waals surface area contributed by atoms with Crippen molar-refractivity contribution in [2.45, 2.75) is 23.8 Å². The van der Waals surface area contributed by atoms with Crippen LogP contribution in [0.25, 0.3) is 0 Å². The first-order valence-corrected chi connectivity index (χ1v) is 10.9. The Hall–Kier alpha value is -2.72. The molecule has 3 aromatic rings. The van der Waals surface area contributed by atoms with E-state index < -0.39 is 0 Å². The highest BCUT2D eigenvalue weighted by Crippen LogP contribution is 2.32. The molecule has 8 nitrogen and oxygen atoms in total. The number of nitrogens with zero attached hydrogens (tertiary/aromatic N) is 2. The molecule has 0 saturated heterocycles. The van der Waals surface area contributed by atoms with Crippen molar-refractivity contribution in [2.24, 2.45) is 0 Å². The quantitative estimate of drug-likeness (QED) is 0.522. The molecular weight excluding hydrogens is 412 g/mol. The summed E-state index contributed by atoms with van der Waals surface area (Å²) in [6.45, 7) is 3.57. The van der Waals surface area contributed by atoms with E-state index in [9.17, 15) is 4.79 Å². The standard InChI is InChI=1S/C19H20N4O4S2/c1-12(13-4-5-15-16(9-13)27-8-7-26-15)21-17(24)11-28-19-23-22-18(29-19)20-10-14-3-2-6-25-14/h2-6,9,12H,7-8,10-11H2,1H3,(H,20,22)(H,21,24)/t12-/m0/s1. The molecule has 1 aliphatic heterocycles. The molecule has 0 fully saturated rings. The van der Waals surface area contributed by atoms with Gasteiger partial charge >= 0.3 is 0 Å². The molecule has 1 amide bonds. The Kier molecular flexibility index (Phi) is 6.20. The van der Waals surface area contributed by atoms with Crippen LogP contribution in [-0.2, 0) is 11.3 Å². The van der Waals surface area contributed by atoms with Crippen LogP contribution >= 0.6 is 23.1 Å². The topological polar surface area (TPSA) is 98.5 Å². The fraction of sp³-hybridized carbons (Fsp3) is 0.316. The minimum absolute atomic E-state index is 0.0716. The van der Waals surface area contributed by atoms with Gasteiger partial charge in [0.05, 0.1) is 24.6 Å². The predicted molar refractivity (Wildman–Crippen MR) is 111 cm³/mol. The van der Waals surface area contributed by atoms with Crippen LogP contribution < -0.4 is 20.1 Å². The van der Waals surface area contributed by atoms with Crippen LogP contribution in [0.15, 0.2) is 45.4 Å². The number of thioether (sulfide) groups is 1. The van der Waals surface area contributed by atoms with Gasteiger partial charge in [-0.25, -0.2) is 0 Å². The number of furan rings is 1. The molecule has 1 aliphatic rings. The Morgan fingerprint density at radius 1 is 1.24 bits per heavy atom. The van der Waals surface area contributed by atoms with Crippen molar-refractivity contribution in [2.75, 3.05) is 24.3 Å². The summed E-state index contributed by atoms with van der Waals surface area (Å²) in [5, 5.41) is 15.0. The van der Waals surface area contributed by atoms with Crippen LogP contribution in [0.2, 0.25) is 0 Å². The third-order valence-electron chi connectivity index (χ3n) is 4.17. The van der Waals surface area contributed by atoms with Crippen molar-refractivity contribution in [3.63, 3.8) is 0 Å². The predicted octanol–water partition coefficient (Wildman–Crippen LogP) is 3.48. The van der Waals surface area contributed by atoms with Gasteiger partial charge in [0.25, 0.3) is 0 Å². The Labute approximate surface area is 176 Å². The van der Waals surface area contributed by atoms with Gasteiger partial charge in [0, 0.05) is 0 Å². The molecule has 4 rings (SSSR count). The van der Waals surface area contributed by atoms with Gasteiger partial charge in [0.2, 0.25) is 11.0 Å². The zero-order chi connectivity index (χ0) is 20.1. The number of hydrogen-bond acceptors (Lipinski definition) is 9. The molecular formula is C19H20N4O4S2. The summed E-state index contributed by atoms with van der Waals surface area (Å²) in [6, 6.07) is 9.31. The summed E-state index contributed by atoms with van der Waals surface area (Å²) in [7, 11) is 0. The van der Waals surface area contributed by atoms with Crippen molar-refractivity contribution < 1.29 is 18.7 Å². The normalized spacial score (nSPS) is 13.7. The smallest absolute Gasteiger partial charge is 0.230 e. The van der Waals surface area contributed by atoms with Gasteiger partial charge in [-0.1, -0.05) is 29.2 Å². The van der Waals surface area contributed by atoms with Crippen LogP contribution in [-0.4, -0.2) is 35.1 Å². The molecule has 2 N–H and O–H groups in total. The maximum absolute atomic E-state index is 12.3. The number of anilines is 1. The van der Waals surface area contributed by atoms with E-state index in [1.807, 2.05) is 37.3 Å². The van der Waals surface area contributed by atoms with Gasteiger partial charge in [-0.3, -0.25) is 4.79 Å². The third-order valence-corrected chi connectivity index (χ3v) is 6.19. The lowest BCUT2D eigenvalue weighted by Gasteiger charge is -2.21. The van der Waals surface area contributed by atoms with E-state index in [4.69, 9.17) is 13.9 Å². The molecule has 29 heavy (non-hydrogen) atoms. The number of carbonyl (C=O) groups excluding carboxylic acids is 1. The van der Waals surface area contributed by atoms with Crippen molar-refractivity contribution in [1.29, 1.82) is 0 Å². The van der Waals surface area contributed by atoms with Gasteiger partial charge in [0.1, 0.15) is 19.0 Å². The highest BCUT2D eigenvalue weighted by atomic mass is 32.2. The zero-order valence-corrected chi connectivity index (χ0v) is 17.3. The van der Waals surface area contributed by atoms with Gasteiger partial charge in [-0.15, -0.1) is 10.2 Å². The third kappa shape index (κ3) is 5.21. The van der Waals surface area contributed by atoms with Crippen molar-refractivity contribution in [3.05, 3.63) is 47.9 Å². The van der Waals surface area contributed by atoms with E-state index in [0.29, 0.717) is 30.6 Å². The highest BCUT2D eigenvalue weighted by Gasteiger charge is 2.16. The second-order valence-corrected chi connectivity index (χ2v) is 8.49. The monoisotopic (exact) mass is 432 g/mol. The van der Waals surface area contributed by atoms with E-state index >= 15 is 0 Å². The number of benzene rings is 1. The summed E-state index contributed by atoms with van der Waals surface area (Å²) in [5.74, 6) is 2.47. The number of nitrogens with one attached hydrogen (secondary N) is 2. The van der Waals surface area contributed by atoms with Crippen LogP contribution in [0.5, 0.6) is 11.5 Å². The molecule has 1 aromatic carbocycles. The number of amides is 1. The summed E-state index contributed by atoms with van der Waals surface area (Å²) in [5.41, 5.74) is 0.966. The second kappa shape index (κ2) is 9.19. The zero-order valence-electron chi connectivity index (χ0n) is 15.7. The molecule has 3 heterocycles. The van der Waals surface area contributed by atoms with Crippen molar-refractivity contribution in [1.82, 2.24) is 15.5 Å². The van der Waals surface area contributed by atoms with E-state index in [-0.39, 0.29) is 17.7 Å². The average molecular weight is 433 g/mol. The molecule has 0 aliphatic carbocycles. The van der Waals surface area contributed by atoms with Crippen molar-refractivity contribution in [3.8, 4) is 11.5 Å². The lowest BCUT2D eigenvalue weighted by Crippen LogP contribution is -2.28. The average Bonchev–Trinajstić information content (AvgIpc) is 3.42. The van der Waals surface area contributed by atoms with E-state index in [1.165, 1.54) is 23.1 Å². The minimum atomic E-state index is -0.140. The molecule has 0 saturated carbocycles. The first kappa shape index (κ1) is 19.6. The molecule has 0 spiro atoms. The number of carbonyl (C=O) groups is 1. The van der Waals surface area contributed by atoms with Crippen LogP contribution in [0.3, 0.4) is 0 Å².